The van der Waals surface area contributed by atoms with Crippen LogP contribution in [0.1, 0.15) is 37.6 Å². The van der Waals surface area contributed by atoms with Gasteiger partial charge in [-0.3, -0.25) is 9.59 Å². The lowest BCUT2D eigenvalue weighted by atomic mass is 9.91. The molecule has 2 unspecified atom stereocenters. The van der Waals surface area contributed by atoms with Crippen LogP contribution >= 0.6 is 0 Å². The quantitative estimate of drug-likeness (QED) is 0.807. The number of aliphatic hydroxyl groups excluding tert-OH is 1. The van der Waals surface area contributed by atoms with Gasteiger partial charge in [-0.25, -0.2) is 0 Å². The highest BCUT2D eigenvalue weighted by molar-refractivity contribution is 5.83. The van der Waals surface area contributed by atoms with E-state index in [4.69, 9.17) is 14.4 Å². The minimum atomic E-state index is -0.391. The van der Waals surface area contributed by atoms with E-state index >= 15 is 0 Å². The van der Waals surface area contributed by atoms with E-state index in [1.807, 2.05) is 26.8 Å². The summed E-state index contributed by atoms with van der Waals surface area (Å²) < 4.78 is 5.24. The van der Waals surface area contributed by atoms with E-state index in [1.165, 1.54) is 0 Å². The monoisotopic (exact) mass is 298 g/mol. The highest BCUT2D eigenvalue weighted by atomic mass is 16.5. The molecule has 1 aromatic heterocycles. The Hall–Kier alpha value is -1.89. The molecule has 0 radical (unpaired) electrons. The van der Waals surface area contributed by atoms with Gasteiger partial charge in [-0.05, 0) is 19.3 Å². The molecule has 2 atom stereocenters. The summed E-state index contributed by atoms with van der Waals surface area (Å²) in [5.41, 5.74) is 0.782. The van der Waals surface area contributed by atoms with E-state index in [0.717, 1.165) is 5.69 Å². The van der Waals surface area contributed by atoms with E-state index in [0.29, 0.717) is 25.3 Å². The van der Waals surface area contributed by atoms with Crippen molar-refractivity contribution in [1.29, 1.82) is 0 Å². The first-order chi connectivity index (χ1) is 9.90. The van der Waals surface area contributed by atoms with Crippen LogP contribution in [0.3, 0.4) is 0 Å². The molecule has 2 N–H and O–H groups in total. The Kier molecular flexibility index (Phi) is 6.36. The van der Waals surface area contributed by atoms with Gasteiger partial charge in [0, 0.05) is 19.2 Å². The predicted octanol–water partition coefficient (Wildman–Crippen LogP) is 1.02. The zero-order valence-electron chi connectivity index (χ0n) is 12.5. The van der Waals surface area contributed by atoms with Crippen molar-refractivity contribution in [3.05, 3.63) is 17.5 Å². The zero-order chi connectivity index (χ0) is 16.0. The average molecular weight is 298 g/mol. The smallest absolute Gasteiger partial charge is 0.290 e. The van der Waals surface area contributed by atoms with Crippen LogP contribution in [0.2, 0.25) is 0 Å². The summed E-state index contributed by atoms with van der Waals surface area (Å²) in [6.07, 6.45) is 0.268. The molecule has 7 nitrogen and oxygen atoms in total. The molecular formula is C14H22N2O5. The number of rotatable bonds is 3. The van der Waals surface area contributed by atoms with Gasteiger partial charge in [-0.15, -0.1) is 0 Å². The fourth-order valence-corrected chi connectivity index (χ4v) is 2.40. The van der Waals surface area contributed by atoms with Gasteiger partial charge >= 0.3 is 0 Å². The molecule has 1 saturated heterocycles. The maximum Gasteiger partial charge on any atom is 0.290 e. The number of carboxylic acid groups (broad SMARTS) is 1. The van der Waals surface area contributed by atoms with Crippen molar-refractivity contribution in [2.75, 3.05) is 13.1 Å². The molecule has 0 spiro atoms. The summed E-state index contributed by atoms with van der Waals surface area (Å²) in [6, 6.07) is 1.81. The standard InChI is InChI=1S/C13H20N2O3.CH2O2/c1-8(2)12(11-6-9(3)14-18-11)13(17)15-5-4-10(16)7-15;2-1-3/h6,8,10,12,16H,4-5,7H2,1-3H3;1H,(H,2,3). The number of β-amino-alcohol motifs (C(OH)–C–C–N with tert-alkyl or cyclic N) is 1. The Morgan fingerprint density at radius 1 is 1.57 bits per heavy atom. The molecule has 1 fully saturated rings. The molecule has 0 aromatic carbocycles. The Morgan fingerprint density at radius 2 is 2.19 bits per heavy atom. The van der Waals surface area contributed by atoms with Crippen molar-refractivity contribution in [3.63, 3.8) is 0 Å². The molecule has 1 aromatic rings. The average Bonchev–Trinajstić information content (AvgIpc) is 2.99. The van der Waals surface area contributed by atoms with Crippen molar-refractivity contribution in [2.45, 2.75) is 39.2 Å². The summed E-state index contributed by atoms with van der Waals surface area (Å²) in [5, 5.41) is 20.3. The minimum Gasteiger partial charge on any atom is -0.483 e. The number of hydrogen-bond acceptors (Lipinski definition) is 5. The molecule has 0 bridgehead atoms. The van der Waals surface area contributed by atoms with Crippen LogP contribution in [0.25, 0.3) is 0 Å². The summed E-state index contributed by atoms with van der Waals surface area (Å²) in [7, 11) is 0. The van der Waals surface area contributed by atoms with Crippen LogP contribution in [0.5, 0.6) is 0 Å². The Morgan fingerprint density at radius 3 is 2.57 bits per heavy atom. The number of aliphatic hydroxyl groups is 1. The Labute approximate surface area is 123 Å². The molecule has 2 heterocycles. The molecule has 2 rings (SSSR count). The number of aromatic nitrogens is 1. The highest BCUT2D eigenvalue weighted by Crippen LogP contribution is 2.28. The van der Waals surface area contributed by atoms with Crippen molar-refractivity contribution in [2.24, 2.45) is 5.92 Å². The number of nitrogens with zero attached hydrogens (tertiary/aromatic N) is 2. The van der Waals surface area contributed by atoms with E-state index < -0.39 is 6.10 Å². The van der Waals surface area contributed by atoms with E-state index in [-0.39, 0.29) is 24.2 Å². The van der Waals surface area contributed by atoms with Gasteiger partial charge in [0.15, 0.2) is 0 Å². The van der Waals surface area contributed by atoms with Gasteiger partial charge in [0.25, 0.3) is 6.47 Å². The van der Waals surface area contributed by atoms with Crippen molar-refractivity contribution >= 4 is 12.4 Å². The minimum absolute atomic E-state index is 0.0256. The maximum absolute atomic E-state index is 12.5. The fourth-order valence-electron chi connectivity index (χ4n) is 2.40. The Balaban J connectivity index is 0.000000677. The van der Waals surface area contributed by atoms with Crippen LogP contribution < -0.4 is 0 Å². The van der Waals surface area contributed by atoms with Crippen LogP contribution in [0.15, 0.2) is 10.6 Å². The number of aryl methyl sites for hydroxylation is 1. The molecule has 0 aliphatic carbocycles. The van der Waals surface area contributed by atoms with Gasteiger partial charge in [-0.1, -0.05) is 19.0 Å². The third kappa shape index (κ3) is 4.56. The molecule has 1 amide bonds. The molecule has 0 saturated carbocycles. The van der Waals surface area contributed by atoms with E-state index in [1.54, 1.807) is 4.90 Å². The molecule has 118 valence electrons. The summed E-state index contributed by atoms with van der Waals surface area (Å²) in [5.74, 6) is 0.477. The molecule has 1 aliphatic rings. The summed E-state index contributed by atoms with van der Waals surface area (Å²) in [4.78, 5) is 22.5. The number of carbonyl (C=O) groups excluding carboxylic acids is 1. The normalized spacial score (nSPS) is 19.1. The second kappa shape index (κ2) is 7.78. The lowest BCUT2D eigenvalue weighted by molar-refractivity contribution is -0.133. The van der Waals surface area contributed by atoms with Crippen molar-refractivity contribution < 1.29 is 24.3 Å². The first-order valence-corrected chi connectivity index (χ1v) is 6.88. The summed E-state index contributed by atoms with van der Waals surface area (Å²) >= 11 is 0. The molecule has 21 heavy (non-hydrogen) atoms. The van der Waals surface area contributed by atoms with Crippen LogP contribution in [-0.2, 0) is 9.59 Å². The van der Waals surface area contributed by atoms with E-state index in [9.17, 15) is 9.90 Å². The van der Waals surface area contributed by atoms with Crippen LogP contribution in [-0.4, -0.2) is 51.8 Å². The maximum atomic E-state index is 12.5. The Bertz CT molecular complexity index is 472. The molecule has 1 aliphatic heterocycles. The van der Waals surface area contributed by atoms with Crippen molar-refractivity contribution in [3.8, 4) is 0 Å². The number of carbonyl (C=O) groups is 2. The van der Waals surface area contributed by atoms with Gasteiger partial charge in [0.05, 0.1) is 11.8 Å². The first-order valence-electron chi connectivity index (χ1n) is 6.88. The largest absolute Gasteiger partial charge is 0.483 e. The molecular weight excluding hydrogens is 276 g/mol. The van der Waals surface area contributed by atoms with Gasteiger partial charge in [-0.2, -0.15) is 0 Å². The van der Waals surface area contributed by atoms with Crippen molar-refractivity contribution in [1.82, 2.24) is 10.1 Å². The van der Waals surface area contributed by atoms with Gasteiger partial charge in [0.2, 0.25) is 5.91 Å². The predicted molar refractivity (Wildman–Crippen MR) is 74.7 cm³/mol. The number of hydrogen-bond donors (Lipinski definition) is 2. The topological polar surface area (TPSA) is 104 Å². The third-order valence-electron chi connectivity index (χ3n) is 3.36. The second-order valence-corrected chi connectivity index (χ2v) is 5.42. The molecule has 7 heteroatoms. The summed E-state index contributed by atoms with van der Waals surface area (Å²) in [6.45, 7) is 6.62. The highest BCUT2D eigenvalue weighted by Gasteiger charge is 2.34. The number of likely N-dealkylation sites (tertiary alicyclic amines) is 1. The third-order valence-corrected chi connectivity index (χ3v) is 3.36. The SMILES string of the molecule is Cc1cc(C(C(=O)N2CCC(O)C2)C(C)C)on1.O=CO. The fraction of sp³-hybridized carbons (Fsp3) is 0.643. The number of amides is 1. The lowest BCUT2D eigenvalue weighted by Crippen LogP contribution is -2.35. The van der Waals surface area contributed by atoms with Crippen LogP contribution in [0.4, 0.5) is 0 Å². The zero-order valence-corrected chi connectivity index (χ0v) is 12.5. The lowest BCUT2D eigenvalue weighted by Gasteiger charge is -2.23. The van der Waals surface area contributed by atoms with Gasteiger partial charge in [0.1, 0.15) is 11.7 Å². The second-order valence-electron chi connectivity index (χ2n) is 5.42. The van der Waals surface area contributed by atoms with Gasteiger partial charge < -0.3 is 19.6 Å². The van der Waals surface area contributed by atoms with E-state index in [2.05, 4.69) is 5.16 Å². The first kappa shape index (κ1) is 17.2. The van der Waals surface area contributed by atoms with Crippen LogP contribution in [0, 0.1) is 12.8 Å².